The number of hydrogen-bond acceptors (Lipinski definition) is 5. The summed E-state index contributed by atoms with van der Waals surface area (Å²) in [5.41, 5.74) is -2.25. The Kier molecular flexibility index (Phi) is 6.10. The maximum Gasteiger partial charge on any atom is 0.336 e. The normalized spacial score (nSPS) is 14.1. The third kappa shape index (κ3) is 3.33. The first-order chi connectivity index (χ1) is 9.90. The van der Waals surface area contributed by atoms with Crippen LogP contribution in [0.5, 0.6) is 0 Å². The Morgan fingerprint density at radius 2 is 1.33 bits per heavy atom. The second-order valence-corrected chi connectivity index (χ2v) is 5.16. The summed E-state index contributed by atoms with van der Waals surface area (Å²) < 4.78 is 2.72. The molecule has 0 aliphatic heterocycles. The maximum absolute atomic E-state index is 12.3. The van der Waals surface area contributed by atoms with Crippen molar-refractivity contribution in [1.82, 2.24) is 13.7 Å². The number of unbranched alkanes of at least 4 members (excludes halogenated alkanes) is 1. The van der Waals surface area contributed by atoms with Crippen molar-refractivity contribution < 1.29 is 10.2 Å². The number of aliphatic hydroxyl groups is 2. The van der Waals surface area contributed by atoms with Gasteiger partial charge in [-0.1, -0.05) is 13.3 Å². The molecule has 2 atom stereocenters. The van der Waals surface area contributed by atoms with Crippen molar-refractivity contribution in [2.24, 2.45) is 0 Å². The molecular weight excluding hydrogens is 278 g/mol. The highest BCUT2D eigenvalue weighted by atomic mass is 16.3. The first-order valence-electron chi connectivity index (χ1n) is 7.10. The molecule has 0 fully saturated rings. The molecule has 0 radical (unpaired) electrons. The first-order valence-corrected chi connectivity index (χ1v) is 7.10. The summed E-state index contributed by atoms with van der Waals surface area (Å²) >= 11 is 0. The van der Waals surface area contributed by atoms with Crippen LogP contribution in [0.4, 0.5) is 0 Å². The van der Waals surface area contributed by atoms with Crippen molar-refractivity contribution >= 4 is 0 Å². The lowest BCUT2D eigenvalue weighted by atomic mass is 10.3. The van der Waals surface area contributed by atoms with Gasteiger partial charge in [0.25, 0.3) is 0 Å². The Labute approximate surface area is 121 Å². The number of aromatic nitrogens is 3. The van der Waals surface area contributed by atoms with Gasteiger partial charge in [0, 0.05) is 6.54 Å². The molecule has 1 rings (SSSR count). The van der Waals surface area contributed by atoms with E-state index in [1.165, 1.54) is 13.8 Å². The number of hydrogen-bond donors (Lipinski definition) is 2. The molecule has 120 valence electrons. The van der Waals surface area contributed by atoms with Gasteiger partial charge < -0.3 is 10.2 Å². The highest BCUT2D eigenvalue weighted by Crippen LogP contribution is 1.99. The van der Waals surface area contributed by atoms with E-state index < -0.39 is 42.4 Å². The van der Waals surface area contributed by atoms with E-state index in [-0.39, 0.29) is 6.54 Å². The predicted octanol–water partition coefficient (Wildman–Crippen LogP) is -0.922. The van der Waals surface area contributed by atoms with Crippen molar-refractivity contribution in [2.75, 3.05) is 13.2 Å². The van der Waals surface area contributed by atoms with Crippen LogP contribution >= 0.6 is 0 Å². The molecule has 0 aliphatic rings. The zero-order chi connectivity index (χ0) is 16.2. The average Bonchev–Trinajstić information content (AvgIpc) is 2.46. The summed E-state index contributed by atoms with van der Waals surface area (Å²) in [6.07, 6.45) is 1.41. The molecule has 2 unspecified atom stereocenters. The van der Waals surface area contributed by atoms with Gasteiger partial charge in [-0.15, -0.1) is 0 Å². The van der Waals surface area contributed by atoms with E-state index in [9.17, 15) is 24.6 Å². The fourth-order valence-electron chi connectivity index (χ4n) is 2.05. The summed E-state index contributed by atoms with van der Waals surface area (Å²) in [5.74, 6) is 0. The molecule has 0 amide bonds. The number of aliphatic hydroxyl groups excluding tert-OH is 2. The average molecular weight is 301 g/mol. The minimum atomic E-state index is -0.805. The highest BCUT2D eigenvalue weighted by molar-refractivity contribution is 4.84. The Morgan fingerprint density at radius 1 is 0.905 bits per heavy atom. The summed E-state index contributed by atoms with van der Waals surface area (Å²) in [5, 5.41) is 18.4. The molecule has 1 aromatic heterocycles. The van der Waals surface area contributed by atoms with Crippen LogP contribution in [0.15, 0.2) is 14.4 Å². The zero-order valence-corrected chi connectivity index (χ0v) is 12.7. The van der Waals surface area contributed by atoms with Crippen LogP contribution in [0.1, 0.15) is 45.7 Å². The second kappa shape index (κ2) is 7.37. The van der Waals surface area contributed by atoms with E-state index in [1.807, 2.05) is 6.92 Å². The van der Waals surface area contributed by atoms with Crippen molar-refractivity contribution in [2.45, 2.75) is 52.2 Å². The van der Waals surface area contributed by atoms with Crippen LogP contribution in [0.3, 0.4) is 0 Å². The van der Waals surface area contributed by atoms with Gasteiger partial charge in [0.05, 0.1) is 25.3 Å². The van der Waals surface area contributed by atoms with Crippen molar-refractivity contribution in [3.8, 4) is 0 Å². The lowest BCUT2D eigenvalue weighted by Crippen LogP contribution is -2.56. The van der Waals surface area contributed by atoms with E-state index in [0.29, 0.717) is 6.42 Å². The molecule has 0 saturated heterocycles. The Bertz CT molecular complexity index is 594. The minimum Gasteiger partial charge on any atom is -0.394 e. The molecule has 0 bridgehead atoms. The smallest absolute Gasteiger partial charge is 0.336 e. The standard InChI is InChI=1S/C13H23N3O5/c1-4-5-6-14-11(19)15(9(2)7-17)13(21)16(12(14)20)10(3)8-18/h9-10,17-18H,4-8H2,1-3H3. The molecule has 8 heteroatoms. The molecule has 0 spiro atoms. The first kappa shape index (κ1) is 17.4. The number of rotatable bonds is 7. The van der Waals surface area contributed by atoms with E-state index in [4.69, 9.17) is 0 Å². The fraction of sp³-hybridized carbons (Fsp3) is 0.769. The Balaban J connectivity index is 3.71. The summed E-state index contributed by atoms with van der Waals surface area (Å²) in [7, 11) is 0. The maximum atomic E-state index is 12.3. The van der Waals surface area contributed by atoms with Crippen molar-refractivity contribution in [3.63, 3.8) is 0 Å². The summed E-state index contributed by atoms with van der Waals surface area (Å²) in [6, 6.07) is -1.48. The Morgan fingerprint density at radius 3 is 1.67 bits per heavy atom. The molecule has 1 aromatic rings. The van der Waals surface area contributed by atoms with Crippen LogP contribution in [-0.2, 0) is 6.54 Å². The Hall–Kier alpha value is -1.67. The zero-order valence-electron chi connectivity index (χ0n) is 12.7. The van der Waals surface area contributed by atoms with Crippen molar-refractivity contribution in [3.05, 3.63) is 31.5 Å². The third-order valence-electron chi connectivity index (χ3n) is 3.43. The quantitative estimate of drug-likeness (QED) is 0.677. The molecule has 0 saturated carbocycles. The highest BCUT2D eigenvalue weighted by Gasteiger charge is 2.21. The van der Waals surface area contributed by atoms with Crippen LogP contribution in [0.2, 0.25) is 0 Å². The molecule has 2 N–H and O–H groups in total. The lowest BCUT2D eigenvalue weighted by Gasteiger charge is -2.19. The third-order valence-corrected chi connectivity index (χ3v) is 3.43. The number of nitrogens with zero attached hydrogens (tertiary/aromatic N) is 3. The molecule has 0 aliphatic carbocycles. The fourth-order valence-corrected chi connectivity index (χ4v) is 2.05. The van der Waals surface area contributed by atoms with Gasteiger partial charge in [0.1, 0.15) is 0 Å². The van der Waals surface area contributed by atoms with Gasteiger partial charge in [-0.2, -0.15) is 0 Å². The topological polar surface area (TPSA) is 106 Å². The van der Waals surface area contributed by atoms with Gasteiger partial charge in [-0.25, -0.2) is 28.1 Å². The van der Waals surface area contributed by atoms with Crippen LogP contribution < -0.4 is 17.1 Å². The van der Waals surface area contributed by atoms with Crippen LogP contribution in [-0.4, -0.2) is 37.1 Å². The summed E-state index contributed by atoms with van der Waals surface area (Å²) in [6.45, 7) is 4.37. The predicted molar refractivity (Wildman–Crippen MR) is 77.7 cm³/mol. The second-order valence-electron chi connectivity index (χ2n) is 5.16. The van der Waals surface area contributed by atoms with Gasteiger partial charge in [0.15, 0.2) is 0 Å². The van der Waals surface area contributed by atoms with Gasteiger partial charge in [-0.3, -0.25) is 0 Å². The molecule has 0 aromatic carbocycles. The molecule has 21 heavy (non-hydrogen) atoms. The van der Waals surface area contributed by atoms with Gasteiger partial charge in [0.2, 0.25) is 0 Å². The van der Waals surface area contributed by atoms with E-state index in [1.54, 1.807) is 0 Å². The monoisotopic (exact) mass is 301 g/mol. The van der Waals surface area contributed by atoms with Crippen LogP contribution in [0.25, 0.3) is 0 Å². The van der Waals surface area contributed by atoms with Gasteiger partial charge in [-0.05, 0) is 20.3 Å². The van der Waals surface area contributed by atoms with E-state index in [2.05, 4.69) is 0 Å². The van der Waals surface area contributed by atoms with E-state index >= 15 is 0 Å². The van der Waals surface area contributed by atoms with Crippen molar-refractivity contribution in [1.29, 1.82) is 0 Å². The minimum absolute atomic E-state index is 0.199. The van der Waals surface area contributed by atoms with Crippen LogP contribution in [0, 0.1) is 0 Å². The van der Waals surface area contributed by atoms with Gasteiger partial charge >= 0.3 is 17.1 Å². The van der Waals surface area contributed by atoms with E-state index in [0.717, 1.165) is 20.1 Å². The molecule has 1 heterocycles. The summed E-state index contributed by atoms with van der Waals surface area (Å²) in [4.78, 5) is 37.0. The largest absolute Gasteiger partial charge is 0.394 e. The lowest BCUT2D eigenvalue weighted by molar-refractivity contribution is 0.205. The molecular formula is C13H23N3O5. The molecule has 8 nitrogen and oxygen atoms in total. The SMILES string of the molecule is CCCCn1c(=O)n(C(C)CO)c(=O)n(C(C)CO)c1=O.